The van der Waals surface area contributed by atoms with Gasteiger partial charge in [0.1, 0.15) is 16.1 Å². The first-order valence-electron chi connectivity index (χ1n) is 10.5. The summed E-state index contributed by atoms with van der Waals surface area (Å²) < 4.78 is 60.8. The zero-order chi connectivity index (χ0) is 28.4. The fourth-order valence-corrected chi connectivity index (χ4v) is 6.84. The predicted molar refractivity (Wildman–Crippen MR) is 137 cm³/mol. The van der Waals surface area contributed by atoms with Crippen molar-refractivity contribution in [3.8, 4) is 0 Å². The molecule has 1 aliphatic heterocycles. The number of nitrogens with two attached hydrogens (primary N) is 1. The van der Waals surface area contributed by atoms with Crippen LogP contribution < -0.4 is 10.5 Å². The first-order valence-corrected chi connectivity index (χ1v) is 13.6. The molecule has 0 aliphatic carbocycles. The third kappa shape index (κ3) is 7.14. The highest BCUT2D eigenvalue weighted by molar-refractivity contribution is 7.91. The van der Waals surface area contributed by atoms with Crippen molar-refractivity contribution in [2.24, 2.45) is 5.73 Å². The maximum absolute atomic E-state index is 12.9. The minimum absolute atomic E-state index is 0.0510. The van der Waals surface area contributed by atoms with Crippen molar-refractivity contribution in [3.63, 3.8) is 0 Å². The number of alkyl halides is 3. The van der Waals surface area contributed by atoms with Gasteiger partial charge in [-0.15, -0.1) is 11.3 Å². The van der Waals surface area contributed by atoms with E-state index in [1.54, 1.807) is 35.2 Å². The quantitative estimate of drug-likeness (QED) is 0.242. The van der Waals surface area contributed by atoms with Crippen LogP contribution in [0.1, 0.15) is 17.5 Å². The summed E-state index contributed by atoms with van der Waals surface area (Å²) in [5.74, 6) is -3.10. The van der Waals surface area contributed by atoms with E-state index in [4.69, 9.17) is 44.2 Å². The molecule has 1 amide bonds. The van der Waals surface area contributed by atoms with Gasteiger partial charge in [0.2, 0.25) is 5.91 Å². The van der Waals surface area contributed by atoms with Gasteiger partial charge in [0.25, 0.3) is 10.0 Å². The van der Waals surface area contributed by atoms with Crippen LogP contribution in [0.2, 0.25) is 10.0 Å². The van der Waals surface area contributed by atoms with Crippen molar-refractivity contribution in [2.75, 3.05) is 6.54 Å². The van der Waals surface area contributed by atoms with Gasteiger partial charge in [-0.2, -0.15) is 17.9 Å². The lowest BCUT2D eigenvalue weighted by Gasteiger charge is -2.17. The molecule has 0 radical (unpaired) electrons. The zero-order valence-electron chi connectivity index (χ0n) is 19.1. The number of likely N-dealkylation sites (tertiary alicyclic amines) is 1. The number of carboxylic acids is 1. The SMILES string of the molecule is N=C(N)c1cccc(CN2CCC(NS(=O)(=O)c3cc4c(Cl)cc(Cl)cc4s3)C2=O)c1.O=C(O)C(F)(F)F. The molecule has 9 nitrogen and oxygen atoms in total. The number of hydrogen-bond donors (Lipinski definition) is 4. The maximum atomic E-state index is 12.9. The van der Waals surface area contributed by atoms with Crippen LogP contribution in [0.5, 0.6) is 0 Å². The predicted octanol–water partition coefficient (Wildman–Crippen LogP) is 4.20. The number of nitrogen functional groups attached to an aromatic ring is 1. The standard InChI is InChI=1S/C20H18Cl2N4O3S2.C2HF3O2/c21-13-7-15(22)14-9-18(30-17(14)8-13)31(28,29)25-16-4-5-26(20(16)27)10-11-2-1-3-12(6-11)19(23)24;3-2(4,5)1(6)7/h1-3,6-9,16,25H,4-5,10H2,(H3,23,24);(H,6,7). The number of fused-ring (bicyclic) bond motifs is 1. The maximum Gasteiger partial charge on any atom is 0.490 e. The molecule has 1 aliphatic rings. The van der Waals surface area contributed by atoms with Crippen LogP contribution in [-0.2, 0) is 26.2 Å². The second-order valence-electron chi connectivity index (χ2n) is 8.00. The minimum Gasteiger partial charge on any atom is -0.475 e. The molecule has 2 heterocycles. The normalized spacial score (nSPS) is 15.9. The third-order valence-electron chi connectivity index (χ3n) is 5.24. The number of hydrogen-bond acceptors (Lipinski definition) is 6. The van der Waals surface area contributed by atoms with Crippen molar-refractivity contribution >= 4 is 72.4 Å². The molecular formula is C22H19Cl2F3N4O5S2. The van der Waals surface area contributed by atoms with Gasteiger partial charge in [-0.3, -0.25) is 10.2 Å². The van der Waals surface area contributed by atoms with Gasteiger partial charge in [-0.25, -0.2) is 13.2 Å². The van der Waals surface area contributed by atoms with Gasteiger partial charge in [-0.05, 0) is 36.2 Å². The summed E-state index contributed by atoms with van der Waals surface area (Å²) in [6, 6.07) is 10.9. The van der Waals surface area contributed by atoms with Gasteiger partial charge in [-0.1, -0.05) is 41.4 Å². The van der Waals surface area contributed by atoms with Crippen LogP contribution in [-0.4, -0.2) is 54.9 Å². The van der Waals surface area contributed by atoms with Gasteiger partial charge < -0.3 is 15.7 Å². The van der Waals surface area contributed by atoms with E-state index in [1.807, 2.05) is 6.07 Å². The summed E-state index contributed by atoms with van der Waals surface area (Å²) in [5, 5.41) is 16.1. The molecular weight excluding hydrogens is 592 g/mol. The number of thiophene rings is 1. The van der Waals surface area contributed by atoms with E-state index >= 15 is 0 Å². The van der Waals surface area contributed by atoms with E-state index in [0.717, 1.165) is 16.9 Å². The molecule has 1 atom stereocenters. The molecule has 5 N–H and O–H groups in total. The first kappa shape index (κ1) is 29.6. The number of carboxylic acid groups (broad SMARTS) is 1. The van der Waals surface area contributed by atoms with Crippen LogP contribution in [0.4, 0.5) is 13.2 Å². The van der Waals surface area contributed by atoms with Gasteiger partial charge >= 0.3 is 12.1 Å². The lowest BCUT2D eigenvalue weighted by Crippen LogP contribution is -2.41. The van der Waals surface area contributed by atoms with E-state index in [2.05, 4.69) is 4.72 Å². The summed E-state index contributed by atoms with van der Waals surface area (Å²) in [4.78, 5) is 23.3. The number of carbonyl (C=O) groups excluding carboxylic acids is 1. The highest BCUT2D eigenvalue weighted by Gasteiger charge is 2.38. The van der Waals surface area contributed by atoms with Crippen molar-refractivity contribution < 1.29 is 36.3 Å². The van der Waals surface area contributed by atoms with Crippen molar-refractivity contribution in [1.82, 2.24) is 9.62 Å². The largest absolute Gasteiger partial charge is 0.490 e. The summed E-state index contributed by atoms with van der Waals surface area (Å²) in [5.41, 5.74) is 6.92. The Hall–Kier alpha value is -2.91. The summed E-state index contributed by atoms with van der Waals surface area (Å²) in [6.45, 7) is 0.735. The van der Waals surface area contributed by atoms with Gasteiger partial charge in [0.15, 0.2) is 0 Å². The Kier molecular flexibility index (Phi) is 8.93. The zero-order valence-corrected chi connectivity index (χ0v) is 22.2. The molecule has 1 saturated heterocycles. The van der Waals surface area contributed by atoms with Crippen LogP contribution >= 0.6 is 34.5 Å². The van der Waals surface area contributed by atoms with Crippen molar-refractivity contribution in [2.45, 2.75) is 29.4 Å². The average molecular weight is 611 g/mol. The second kappa shape index (κ2) is 11.5. The number of sulfonamides is 1. The topological polar surface area (TPSA) is 154 Å². The smallest absolute Gasteiger partial charge is 0.475 e. The fraction of sp³-hybridized carbons (Fsp3) is 0.227. The molecule has 0 saturated carbocycles. The van der Waals surface area contributed by atoms with Crippen LogP contribution in [0.15, 0.2) is 46.7 Å². The molecule has 0 spiro atoms. The Bertz CT molecular complexity index is 1510. The van der Waals surface area contributed by atoms with Crippen molar-refractivity contribution in [3.05, 3.63) is 63.6 Å². The Labute approximate surface area is 228 Å². The fourth-order valence-electron chi connectivity index (χ4n) is 3.48. The lowest BCUT2D eigenvalue weighted by molar-refractivity contribution is -0.192. The molecule has 2 aromatic carbocycles. The number of amides is 1. The summed E-state index contributed by atoms with van der Waals surface area (Å²) in [7, 11) is -3.91. The molecule has 38 heavy (non-hydrogen) atoms. The third-order valence-corrected chi connectivity index (χ3v) is 8.80. The number of halogens is 5. The number of carbonyl (C=O) groups is 2. The lowest BCUT2D eigenvalue weighted by atomic mass is 10.1. The first-order chi connectivity index (χ1) is 17.6. The van der Waals surface area contributed by atoms with E-state index in [9.17, 15) is 26.4 Å². The number of nitrogens with zero attached hydrogens (tertiary/aromatic N) is 1. The number of benzene rings is 2. The highest BCUT2D eigenvalue weighted by Crippen LogP contribution is 2.36. The molecule has 16 heteroatoms. The van der Waals surface area contributed by atoms with E-state index in [-0.39, 0.29) is 16.0 Å². The Morgan fingerprint density at radius 1 is 1.24 bits per heavy atom. The van der Waals surface area contributed by atoms with E-state index < -0.39 is 28.2 Å². The summed E-state index contributed by atoms with van der Waals surface area (Å²) in [6.07, 6.45) is -4.72. The number of nitrogens with one attached hydrogen (secondary N) is 2. The number of rotatable bonds is 6. The van der Waals surface area contributed by atoms with Crippen LogP contribution in [0, 0.1) is 5.41 Å². The second-order valence-corrected chi connectivity index (χ2v) is 11.9. The number of aliphatic carboxylic acids is 1. The Morgan fingerprint density at radius 3 is 2.50 bits per heavy atom. The summed E-state index contributed by atoms with van der Waals surface area (Å²) >= 11 is 13.2. The minimum atomic E-state index is -5.08. The van der Waals surface area contributed by atoms with Crippen LogP contribution in [0.25, 0.3) is 10.1 Å². The van der Waals surface area contributed by atoms with Crippen molar-refractivity contribution in [1.29, 1.82) is 5.41 Å². The molecule has 1 fully saturated rings. The van der Waals surface area contributed by atoms with Gasteiger partial charge in [0, 0.05) is 33.8 Å². The molecule has 4 rings (SSSR count). The molecule has 3 aromatic rings. The van der Waals surface area contributed by atoms with Crippen LogP contribution in [0.3, 0.4) is 0 Å². The average Bonchev–Trinajstić information content (AvgIpc) is 3.39. The van der Waals surface area contributed by atoms with E-state index in [1.165, 1.54) is 6.07 Å². The monoisotopic (exact) mass is 610 g/mol. The molecule has 0 bridgehead atoms. The van der Waals surface area contributed by atoms with Gasteiger partial charge in [0.05, 0.1) is 5.02 Å². The van der Waals surface area contributed by atoms with E-state index in [0.29, 0.717) is 45.2 Å². The molecule has 1 unspecified atom stereocenters. The molecule has 1 aromatic heterocycles. The highest BCUT2D eigenvalue weighted by atomic mass is 35.5. The molecule has 204 valence electrons. The Balaban J connectivity index is 0.000000505. The number of amidine groups is 1. The Morgan fingerprint density at radius 2 is 1.89 bits per heavy atom.